The van der Waals surface area contributed by atoms with Crippen molar-refractivity contribution >= 4 is 5.97 Å². The highest BCUT2D eigenvalue weighted by atomic mass is 16.5. The number of aryl methyl sites for hydroxylation is 1. The Morgan fingerprint density at radius 1 is 1.56 bits per heavy atom. The fourth-order valence-electron chi connectivity index (χ4n) is 2.26. The minimum absolute atomic E-state index is 0.113. The van der Waals surface area contributed by atoms with Gasteiger partial charge in [-0.3, -0.25) is 0 Å². The summed E-state index contributed by atoms with van der Waals surface area (Å²) in [7, 11) is 3.21. The number of nitrogens with zero attached hydrogens (tertiary/aromatic N) is 1. The zero-order valence-corrected chi connectivity index (χ0v) is 10.2. The summed E-state index contributed by atoms with van der Waals surface area (Å²) in [6, 6.07) is 1.83. The van der Waals surface area contributed by atoms with Gasteiger partial charge in [0.1, 0.15) is 5.69 Å². The molecule has 2 rings (SSSR count). The number of esters is 1. The Morgan fingerprint density at radius 2 is 2.12 bits per heavy atom. The predicted molar refractivity (Wildman–Crippen MR) is 61.0 cm³/mol. The Bertz CT molecular complexity index is 448. The minimum atomic E-state index is -0.323. The summed E-state index contributed by atoms with van der Waals surface area (Å²) in [6.07, 6.45) is 2.87. The fourth-order valence-corrected chi connectivity index (χ4v) is 2.26. The summed E-state index contributed by atoms with van der Waals surface area (Å²) < 4.78 is 6.48. The van der Waals surface area contributed by atoms with Crippen LogP contribution >= 0.6 is 0 Å². The smallest absolute Gasteiger partial charge is 0.354 e. The number of carbonyl (C=O) groups is 1. The van der Waals surface area contributed by atoms with E-state index in [1.54, 1.807) is 4.57 Å². The molecular formula is C12H18N2O2. The molecule has 0 saturated heterocycles. The molecule has 4 nitrogen and oxygen atoms in total. The van der Waals surface area contributed by atoms with E-state index in [0.717, 1.165) is 12.0 Å². The second-order valence-corrected chi connectivity index (χ2v) is 5.25. The van der Waals surface area contributed by atoms with Gasteiger partial charge in [-0.15, -0.1) is 0 Å². The van der Waals surface area contributed by atoms with Gasteiger partial charge in [0.15, 0.2) is 0 Å². The Labute approximate surface area is 95.4 Å². The van der Waals surface area contributed by atoms with Gasteiger partial charge >= 0.3 is 5.97 Å². The quantitative estimate of drug-likeness (QED) is 0.769. The van der Waals surface area contributed by atoms with Gasteiger partial charge in [0.2, 0.25) is 0 Å². The molecule has 2 N–H and O–H groups in total. The number of nitrogens with two attached hydrogens (primary N) is 1. The summed E-state index contributed by atoms with van der Waals surface area (Å²) in [4.78, 5) is 11.5. The molecule has 0 radical (unpaired) electrons. The van der Waals surface area contributed by atoms with E-state index < -0.39 is 0 Å². The first-order chi connectivity index (χ1) is 7.32. The summed E-state index contributed by atoms with van der Waals surface area (Å²) >= 11 is 0. The molecule has 0 bridgehead atoms. The largest absolute Gasteiger partial charge is 0.464 e. The molecule has 1 fully saturated rings. The maximum absolute atomic E-state index is 11.5. The van der Waals surface area contributed by atoms with Crippen molar-refractivity contribution in [2.24, 2.45) is 18.2 Å². The van der Waals surface area contributed by atoms with Gasteiger partial charge in [0.25, 0.3) is 0 Å². The van der Waals surface area contributed by atoms with Crippen LogP contribution in [0.4, 0.5) is 0 Å². The van der Waals surface area contributed by atoms with Crippen molar-refractivity contribution in [2.75, 3.05) is 7.11 Å². The van der Waals surface area contributed by atoms with Crippen LogP contribution in [0, 0.1) is 5.41 Å². The lowest BCUT2D eigenvalue weighted by molar-refractivity contribution is 0.0590. The number of ether oxygens (including phenoxy) is 1. The third-order valence-electron chi connectivity index (χ3n) is 3.72. The highest BCUT2D eigenvalue weighted by Crippen LogP contribution is 2.60. The molecule has 0 spiro atoms. The monoisotopic (exact) mass is 222 g/mol. The average molecular weight is 222 g/mol. The van der Waals surface area contributed by atoms with Crippen molar-refractivity contribution in [1.82, 2.24) is 4.57 Å². The van der Waals surface area contributed by atoms with Crippen LogP contribution in [0.5, 0.6) is 0 Å². The Morgan fingerprint density at radius 3 is 2.56 bits per heavy atom. The van der Waals surface area contributed by atoms with Gasteiger partial charge in [-0.25, -0.2) is 4.79 Å². The highest BCUT2D eigenvalue weighted by Gasteiger charge is 2.59. The van der Waals surface area contributed by atoms with Crippen LogP contribution in [0.25, 0.3) is 0 Å². The van der Waals surface area contributed by atoms with Crippen LogP contribution in [-0.4, -0.2) is 17.6 Å². The van der Waals surface area contributed by atoms with E-state index in [0.29, 0.717) is 5.69 Å². The van der Waals surface area contributed by atoms with Gasteiger partial charge in [0, 0.05) is 18.8 Å². The lowest BCUT2D eigenvalue weighted by atomic mass is 9.99. The first-order valence-corrected chi connectivity index (χ1v) is 5.36. The zero-order chi connectivity index (χ0) is 12.1. The molecule has 0 aromatic carbocycles. The zero-order valence-electron chi connectivity index (χ0n) is 10.2. The van der Waals surface area contributed by atoms with Gasteiger partial charge in [-0.05, 0) is 23.5 Å². The number of methoxy groups -OCH3 is 1. The normalized spacial score (nSPS) is 26.6. The van der Waals surface area contributed by atoms with E-state index in [2.05, 4.69) is 13.8 Å². The van der Waals surface area contributed by atoms with Crippen molar-refractivity contribution in [3.8, 4) is 0 Å². The highest BCUT2D eigenvalue weighted by molar-refractivity contribution is 5.88. The molecule has 1 unspecified atom stereocenters. The predicted octanol–water partition coefficient (Wildman–Crippen LogP) is 1.40. The molecule has 88 valence electrons. The van der Waals surface area contributed by atoms with Crippen LogP contribution in [0.2, 0.25) is 0 Å². The molecule has 0 aliphatic heterocycles. The summed E-state index contributed by atoms with van der Waals surface area (Å²) in [6.45, 7) is 4.27. The number of carbonyl (C=O) groups excluding carboxylic acids is 1. The summed E-state index contributed by atoms with van der Waals surface area (Å²) in [5.41, 5.74) is 7.68. The van der Waals surface area contributed by atoms with Crippen molar-refractivity contribution in [1.29, 1.82) is 0 Å². The molecule has 0 amide bonds. The van der Waals surface area contributed by atoms with Crippen molar-refractivity contribution in [3.63, 3.8) is 0 Å². The number of hydrogen-bond donors (Lipinski definition) is 1. The maximum atomic E-state index is 11.5. The Balaban J connectivity index is 2.36. The number of aromatic nitrogens is 1. The van der Waals surface area contributed by atoms with Crippen molar-refractivity contribution in [3.05, 3.63) is 23.5 Å². The van der Waals surface area contributed by atoms with E-state index >= 15 is 0 Å². The molecule has 1 aliphatic rings. The number of hydrogen-bond acceptors (Lipinski definition) is 3. The third-order valence-corrected chi connectivity index (χ3v) is 3.72. The standard InChI is InChI=1S/C12H18N2O2/c1-11(2)7-12(11,13)8-5-9(10(15)16-4)14(3)6-8/h5-6H,7,13H2,1-4H3. The second kappa shape index (κ2) is 3.10. The van der Waals surface area contributed by atoms with Crippen molar-refractivity contribution < 1.29 is 9.53 Å². The van der Waals surface area contributed by atoms with Gasteiger partial charge < -0.3 is 15.0 Å². The first-order valence-electron chi connectivity index (χ1n) is 5.36. The Kier molecular flexibility index (Phi) is 2.17. The summed E-state index contributed by atoms with van der Waals surface area (Å²) in [5, 5.41) is 0. The van der Waals surface area contributed by atoms with E-state index in [1.807, 2.05) is 19.3 Å². The molecule has 4 heteroatoms. The molecule has 1 atom stereocenters. The number of rotatable bonds is 2. The van der Waals surface area contributed by atoms with Gasteiger partial charge in [-0.1, -0.05) is 13.8 Å². The molecule has 1 aromatic rings. The molecule has 16 heavy (non-hydrogen) atoms. The van der Waals surface area contributed by atoms with Crippen molar-refractivity contribution in [2.45, 2.75) is 25.8 Å². The maximum Gasteiger partial charge on any atom is 0.354 e. The molecular weight excluding hydrogens is 204 g/mol. The second-order valence-electron chi connectivity index (χ2n) is 5.25. The SMILES string of the molecule is COC(=O)c1cc(C2(N)CC2(C)C)cn1C. The minimum Gasteiger partial charge on any atom is -0.464 e. The van der Waals surface area contributed by atoms with Gasteiger partial charge in [0.05, 0.1) is 7.11 Å². The molecule has 1 aliphatic carbocycles. The van der Waals surface area contributed by atoms with Crippen LogP contribution < -0.4 is 5.73 Å². The summed E-state index contributed by atoms with van der Waals surface area (Å²) in [5.74, 6) is -0.323. The Hall–Kier alpha value is -1.29. The topological polar surface area (TPSA) is 57.2 Å². The van der Waals surface area contributed by atoms with Gasteiger partial charge in [-0.2, -0.15) is 0 Å². The molecule has 1 heterocycles. The van der Waals surface area contributed by atoms with Crippen LogP contribution in [0.15, 0.2) is 12.3 Å². The fraction of sp³-hybridized carbons (Fsp3) is 0.583. The lowest BCUT2D eigenvalue weighted by Crippen LogP contribution is -2.24. The lowest BCUT2D eigenvalue weighted by Gasteiger charge is -2.12. The van der Waals surface area contributed by atoms with Crippen LogP contribution in [0.3, 0.4) is 0 Å². The third kappa shape index (κ3) is 1.37. The van der Waals surface area contributed by atoms with Crippen LogP contribution in [-0.2, 0) is 17.3 Å². The molecule has 1 saturated carbocycles. The van der Waals surface area contributed by atoms with E-state index in [1.165, 1.54) is 7.11 Å². The van der Waals surface area contributed by atoms with Crippen LogP contribution in [0.1, 0.15) is 36.3 Å². The molecule has 1 aromatic heterocycles. The van der Waals surface area contributed by atoms with E-state index in [4.69, 9.17) is 10.5 Å². The van der Waals surface area contributed by atoms with E-state index in [-0.39, 0.29) is 16.9 Å². The van der Waals surface area contributed by atoms with E-state index in [9.17, 15) is 4.79 Å². The average Bonchev–Trinajstić information content (AvgIpc) is 2.59. The first kappa shape index (κ1) is 11.2.